The van der Waals surface area contributed by atoms with Crippen molar-refractivity contribution >= 4 is 32.7 Å². The molecular formula is C18H16BrN3O2. The lowest BCUT2D eigenvalue weighted by molar-refractivity contribution is -0.131. The second-order valence-corrected chi connectivity index (χ2v) is 6.48. The molecule has 0 radical (unpaired) electrons. The van der Waals surface area contributed by atoms with Crippen LogP contribution in [0.4, 0.5) is 0 Å². The van der Waals surface area contributed by atoms with Crippen molar-refractivity contribution in [3.8, 4) is 0 Å². The second kappa shape index (κ2) is 6.97. The molecular weight excluding hydrogens is 370 g/mol. The van der Waals surface area contributed by atoms with Crippen LogP contribution < -0.4 is 5.43 Å². The smallest absolute Gasteiger partial charge is 0.244 e. The topological polar surface area (TPSA) is 55.2 Å². The van der Waals surface area contributed by atoms with E-state index in [0.717, 1.165) is 10.0 Å². The zero-order chi connectivity index (χ0) is 17.1. The van der Waals surface area contributed by atoms with Gasteiger partial charge in [0.05, 0.1) is 11.7 Å². The number of hydrogen-bond acceptors (Lipinski definition) is 3. The fraction of sp³-hybridized carbons (Fsp3) is 0.167. The minimum absolute atomic E-state index is 0.0702. The first-order valence-electron chi connectivity index (χ1n) is 7.48. The lowest BCUT2D eigenvalue weighted by atomic mass is 10.2. The Morgan fingerprint density at radius 3 is 2.62 bits per heavy atom. The van der Waals surface area contributed by atoms with E-state index in [0.29, 0.717) is 17.4 Å². The van der Waals surface area contributed by atoms with E-state index < -0.39 is 0 Å². The summed E-state index contributed by atoms with van der Waals surface area (Å²) < 4.78 is 2.57. The molecule has 2 aromatic carbocycles. The van der Waals surface area contributed by atoms with Gasteiger partial charge in [-0.3, -0.25) is 14.3 Å². The molecule has 5 nitrogen and oxygen atoms in total. The fourth-order valence-corrected chi connectivity index (χ4v) is 2.75. The molecule has 0 atom stereocenters. The molecule has 1 amide bonds. The molecule has 0 N–H and O–H groups in total. The van der Waals surface area contributed by atoms with Crippen molar-refractivity contribution in [1.29, 1.82) is 0 Å². The average molecular weight is 386 g/mol. The highest BCUT2D eigenvalue weighted by Crippen LogP contribution is 2.12. The maximum absolute atomic E-state index is 12.5. The Bertz CT molecular complexity index is 935. The third-order valence-corrected chi connectivity index (χ3v) is 4.33. The number of carbonyl (C=O) groups excluding carboxylic acids is 1. The normalized spacial score (nSPS) is 10.8. The van der Waals surface area contributed by atoms with Crippen molar-refractivity contribution in [1.82, 2.24) is 14.7 Å². The van der Waals surface area contributed by atoms with Crippen LogP contribution in [-0.2, 0) is 17.9 Å². The Morgan fingerprint density at radius 1 is 1.17 bits per heavy atom. The zero-order valence-corrected chi connectivity index (χ0v) is 14.7. The van der Waals surface area contributed by atoms with Crippen molar-refractivity contribution in [2.45, 2.75) is 13.1 Å². The van der Waals surface area contributed by atoms with Gasteiger partial charge in [0.1, 0.15) is 6.54 Å². The largest absolute Gasteiger partial charge is 0.340 e. The number of nitrogens with zero attached hydrogens (tertiary/aromatic N) is 3. The Labute approximate surface area is 147 Å². The first-order valence-corrected chi connectivity index (χ1v) is 8.27. The van der Waals surface area contributed by atoms with Gasteiger partial charge in [0.15, 0.2) is 0 Å². The summed E-state index contributed by atoms with van der Waals surface area (Å²) in [4.78, 5) is 26.0. The van der Waals surface area contributed by atoms with Crippen molar-refractivity contribution < 1.29 is 4.79 Å². The molecule has 0 aliphatic heterocycles. The second-order valence-electron chi connectivity index (χ2n) is 5.56. The monoisotopic (exact) mass is 385 g/mol. The van der Waals surface area contributed by atoms with Gasteiger partial charge in [-0.25, -0.2) is 0 Å². The van der Waals surface area contributed by atoms with E-state index in [1.165, 1.54) is 6.20 Å². The molecule has 24 heavy (non-hydrogen) atoms. The predicted molar refractivity (Wildman–Crippen MR) is 96.6 cm³/mol. The summed E-state index contributed by atoms with van der Waals surface area (Å²) in [6.45, 7) is 0.609. The maximum Gasteiger partial charge on any atom is 0.244 e. The predicted octanol–water partition coefficient (Wildman–Crippen LogP) is 2.82. The van der Waals surface area contributed by atoms with Crippen LogP contribution >= 0.6 is 15.9 Å². The van der Waals surface area contributed by atoms with Gasteiger partial charge in [-0.15, -0.1) is 0 Å². The Balaban J connectivity index is 1.78. The molecule has 0 spiro atoms. The molecule has 1 heterocycles. The minimum Gasteiger partial charge on any atom is -0.340 e. The van der Waals surface area contributed by atoms with Crippen LogP contribution in [-0.4, -0.2) is 27.6 Å². The quantitative estimate of drug-likeness (QED) is 0.693. The van der Waals surface area contributed by atoms with Crippen LogP contribution in [0.3, 0.4) is 0 Å². The molecule has 0 unspecified atom stereocenters. The van der Waals surface area contributed by atoms with Crippen molar-refractivity contribution in [3.63, 3.8) is 0 Å². The molecule has 122 valence electrons. The molecule has 0 fully saturated rings. The van der Waals surface area contributed by atoms with Crippen LogP contribution in [0, 0.1) is 0 Å². The number of rotatable bonds is 4. The molecule has 6 heteroatoms. The zero-order valence-electron chi connectivity index (χ0n) is 13.1. The van der Waals surface area contributed by atoms with Crippen LogP contribution in [0.1, 0.15) is 5.56 Å². The fourth-order valence-electron chi connectivity index (χ4n) is 2.49. The first-order chi connectivity index (χ1) is 11.5. The molecule has 3 aromatic rings. The number of halogens is 1. The van der Waals surface area contributed by atoms with Gasteiger partial charge in [0, 0.05) is 23.5 Å². The lowest BCUT2D eigenvalue weighted by Crippen LogP contribution is -2.31. The van der Waals surface area contributed by atoms with E-state index in [1.807, 2.05) is 30.3 Å². The number of amides is 1. The van der Waals surface area contributed by atoms with E-state index in [-0.39, 0.29) is 17.9 Å². The van der Waals surface area contributed by atoms with Gasteiger partial charge in [0.25, 0.3) is 0 Å². The van der Waals surface area contributed by atoms with Crippen LogP contribution in [0.5, 0.6) is 0 Å². The lowest BCUT2D eigenvalue weighted by Gasteiger charge is -2.18. The number of para-hydroxylation sites is 1. The summed E-state index contributed by atoms with van der Waals surface area (Å²) in [6, 6.07) is 15.0. The van der Waals surface area contributed by atoms with Crippen molar-refractivity contribution in [2.75, 3.05) is 7.05 Å². The van der Waals surface area contributed by atoms with Gasteiger partial charge in [-0.2, -0.15) is 5.10 Å². The molecule has 0 aliphatic rings. The Kier molecular flexibility index (Phi) is 4.76. The number of hydrogen-bond donors (Lipinski definition) is 0. The summed E-state index contributed by atoms with van der Waals surface area (Å²) in [5, 5.41) is 4.66. The molecule has 0 aliphatic carbocycles. The minimum atomic E-state index is -0.141. The Hall–Kier alpha value is -2.47. The van der Waals surface area contributed by atoms with Gasteiger partial charge < -0.3 is 4.90 Å². The summed E-state index contributed by atoms with van der Waals surface area (Å²) in [6.07, 6.45) is 1.25. The highest BCUT2D eigenvalue weighted by molar-refractivity contribution is 9.10. The molecule has 3 rings (SSSR count). The van der Waals surface area contributed by atoms with E-state index in [1.54, 1.807) is 34.8 Å². The van der Waals surface area contributed by atoms with Gasteiger partial charge in [-0.1, -0.05) is 40.2 Å². The molecule has 0 bridgehead atoms. The van der Waals surface area contributed by atoms with Gasteiger partial charge in [0.2, 0.25) is 11.3 Å². The first kappa shape index (κ1) is 16.4. The third-order valence-electron chi connectivity index (χ3n) is 3.81. The van der Waals surface area contributed by atoms with Crippen molar-refractivity contribution in [3.05, 3.63) is 75.0 Å². The maximum atomic E-state index is 12.5. The number of aromatic nitrogens is 2. The van der Waals surface area contributed by atoms with Crippen LogP contribution in [0.15, 0.2) is 64.0 Å². The third kappa shape index (κ3) is 3.54. The van der Waals surface area contributed by atoms with Crippen LogP contribution in [0.25, 0.3) is 10.9 Å². The summed E-state index contributed by atoms with van der Waals surface area (Å²) in [5.41, 5.74) is 1.57. The molecule has 1 aromatic heterocycles. The Morgan fingerprint density at radius 2 is 1.88 bits per heavy atom. The van der Waals surface area contributed by atoms with Gasteiger partial charge >= 0.3 is 0 Å². The standard InChI is InChI=1S/C18H16BrN3O2/c1-21(11-13-6-8-14(19)9-7-13)18(24)12-22-16-5-3-2-4-15(16)17(23)10-20-22/h2-10H,11-12H2,1H3. The van der Waals surface area contributed by atoms with E-state index in [2.05, 4.69) is 21.0 Å². The number of likely N-dealkylation sites (N-methyl/N-ethyl adjacent to an activating group) is 1. The molecule has 0 saturated carbocycles. The highest BCUT2D eigenvalue weighted by Gasteiger charge is 2.12. The summed E-state index contributed by atoms with van der Waals surface area (Å²) in [7, 11) is 1.76. The molecule has 0 saturated heterocycles. The van der Waals surface area contributed by atoms with E-state index >= 15 is 0 Å². The highest BCUT2D eigenvalue weighted by atomic mass is 79.9. The van der Waals surface area contributed by atoms with E-state index in [4.69, 9.17) is 0 Å². The average Bonchev–Trinajstić information content (AvgIpc) is 2.59. The summed E-state index contributed by atoms with van der Waals surface area (Å²) >= 11 is 3.40. The SMILES string of the molecule is CN(Cc1ccc(Br)cc1)C(=O)Cn1ncc(=O)c2ccccc21. The van der Waals surface area contributed by atoms with Crippen molar-refractivity contribution in [2.24, 2.45) is 0 Å². The number of fused-ring (bicyclic) bond motifs is 1. The van der Waals surface area contributed by atoms with Gasteiger partial charge in [-0.05, 0) is 29.8 Å². The number of carbonyl (C=O) groups is 1. The number of benzene rings is 2. The van der Waals surface area contributed by atoms with Crippen LogP contribution in [0.2, 0.25) is 0 Å². The van der Waals surface area contributed by atoms with E-state index in [9.17, 15) is 9.59 Å². The summed E-state index contributed by atoms with van der Waals surface area (Å²) in [5.74, 6) is -0.0702.